The molecule has 6 heteroatoms. The number of amides is 1. The maximum atomic E-state index is 12.5. The van der Waals surface area contributed by atoms with Gasteiger partial charge in [0, 0.05) is 12.8 Å². The van der Waals surface area contributed by atoms with Crippen LogP contribution in [0.25, 0.3) is 0 Å². The molecule has 0 rings (SSSR count). The summed E-state index contributed by atoms with van der Waals surface area (Å²) in [6, 6.07) is -0.642. The number of nitrogens with one attached hydrogen (secondary N) is 1. The Morgan fingerprint density at radius 3 is 1.15 bits per heavy atom. The van der Waals surface area contributed by atoms with Crippen molar-refractivity contribution in [3.05, 3.63) is 48.6 Å². The zero-order valence-electron chi connectivity index (χ0n) is 45.3. The molecule has 0 spiro atoms. The highest BCUT2D eigenvalue weighted by Crippen LogP contribution is 2.16. The van der Waals surface area contributed by atoms with Crippen LogP contribution in [0, 0.1) is 0 Å². The molecule has 0 bridgehead atoms. The van der Waals surface area contributed by atoms with Crippen LogP contribution in [0.1, 0.15) is 309 Å². The van der Waals surface area contributed by atoms with E-state index in [4.69, 9.17) is 4.74 Å². The first-order valence-corrected chi connectivity index (χ1v) is 29.9. The minimum Gasteiger partial charge on any atom is -0.466 e. The van der Waals surface area contributed by atoms with Crippen molar-refractivity contribution in [2.45, 2.75) is 321 Å². The first-order chi connectivity index (χ1) is 33.5. The van der Waals surface area contributed by atoms with Crippen molar-refractivity contribution in [2.75, 3.05) is 13.2 Å². The Balaban J connectivity index is 3.54. The second-order valence-electron chi connectivity index (χ2n) is 20.3. The van der Waals surface area contributed by atoms with E-state index in [2.05, 4.69) is 55.6 Å². The number of allylic oxidation sites excluding steroid dienone is 7. The van der Waals surface area contributed by atoms with Crippen LogP contribution >= 0.6 is 0 Å². The molecule has 0 fully saturated rings. The molecule has 0 aliphatic heterocycles. The summed E-state index contributed by atoms with van der Waals surface area (Å²) in [6.07, 6.45) is 72.8. The van der Waals surface area contributed by atoms with Crippen LogP contribution in [0.5, 0.6) is 0 Å². The summed E-state index contributed by atoms with van der Waals surface area (Å²) in [4.78, 5) is 24.5. The van der Waals surface area contributed by atoms with Gasteiger partial charge < -0.3 is 20.3 Å². The highest BCUT2D eigenvalue weighted by Gasteiger charge is 2.18. The average Bonchev–Trinajstić information content (AvgIpc) is 3.34. The Kier molecular flexibility index (Phi) is 55.6. The molecule has 0 radical (unpaired) electrons. The van der Waals surface area contributed by atoms with Crippen LogP contribution in [-0.2, 0) is 14.3 Å². The monoisotopic (exact) mass is 954 g/mol. The zero-order chi connectivity index (χ0) is 49.3. The molecule has 0 aliphatic carbocycles. The lowest BCUT2D eigenvalue weighted by atomic mass is 10.0. The number of unbranched alkanes of at least 4 members (excludes halogenated alkanes) is 38. The summed E-state index contributed by atoms with van der Waals surface area (Å²) in [6.45, 7) is 4.85. The van der Waals surface area contributed by atoms with Crippen LogP contribution in [0.3, 0.4) is 0 Å². The van der Waals surface area contributed by atoms with Gasteiger partial charge in [-0.2, -0.15) is 0 Å². The number of aliphatic hydroxyl groups excluding tert-OH is 2. The standard InChI is InChI=1S/C62H115NO5/c1-3-5-7-9-11-13-15-17-18-19-20-21-22-24-27-31-34-38-42-46-50-54-60(65)59(58-64)63-61(66)55-51-47-43-39-35-32-28-25-23-26-29-33-37-41-45-49-53-57-68-62(67)56-52-48-44-40-36-30-16-14-12-10-8-6-4-2/h14,16,23,26,33,37,50,54,59-60,64-65H,3-13,15,17-22,24-25,27-32,34-36,38-49,51-53,55-58H2,1-2H3,(H,63,66)/b16-14-,26-23-,37-33-,54-50+. The summed E-state index contributed by atoms with van der Waals surface area (Å²) < 4.78 is 5.44. The third-order valence-electron chi connectivity index (χ3n) is 13.6. The molecule has 0 aromatic rings. The number of hydrogen-bond donors (Lipinski definition) is 3. The summed E-state index contributed by atoms with van der Waals surface area (Å²) in [7, 11) is 0. The lowest BCUT2D eigenvalue weighted by molar-refractivity contribution is -0.143. The molecule has 0 aromatic carbocycles. The van der Waals surface area contributed by atoms with Crippen LogP contribution in [0.2, 0.25) is 0 Å². The normalized spacial score (nSPS) is 12.9. The molecule has 398 valence electrons. The first-order valence-electron chi connectivity index (χ1n) is 29.9. The van der Waals surface area contributed by atoms with Crippen molar-refractivity contribution in [1.29, 1.82) is 0 Å². The highest BCUT2D eigenvalue weighted by molar-refractivity contribution is 5.76. The van der Waals surface area contributed by atoms with Gasteiger partial charge in [-0.05, 0) is 96.3 Å². The number of ether oxygens (including phenoxy) is 1. The van der Waals surface area contributed by atoms with Crippen molar-refractivity contribution in [3.63, 3.8) is 0 Å². The topological polar surface area (TPSA) is 95.9 Å². The smallest absolute Gasteiger partial charge is 0.305 e. The maximum absolute atomic E-state index is 12.5. The van der Waals surface area contributed by atoms with Crippen LogP contribution in [0.15, 0.2) is 48.6 Å². The van der Waals surface area contributed by atoms with Crippen LogP contribution < -0.4 is 5.32 Å². The van der Waals surface area contributed by atoms with E-state index in [-0.39, 0.29) is 18.5 Å². The van der Waals surface area contributed by atoms with Gasteiger partial charge in [0.2, 0.25) is 5.91 Å². The van der Waals surface area contributed by atoms with E-state index in [1.165, 1.54) is 199 Å². The van der Waals surface area contributed by atoms with Gasteiger partial charge in [-0.15, -0.1) is 0 Å². The Morgan fingerprint density at radius 1 is 0.412 bits per heavy atom. The van der Waals surface area contributed by atoms with Crippen molar-refractivity contribution in [2.24, 2.45) is 0 Å². The fraction of sp³-hybridized carbons (Fsp3) is 0.839. The summed E-state index contributed by atoms with van der Waals surface area (Å²) in [5, 5.41) is 23.2. The van der Waals surface area contributed by atoms with Gasteiger partial charge in [-0.1, -0.05) is 249 Å². The molecular weight excluding hydrogens is 839 g/mol. The molecule has 1 amide bonds. The quantitative estimate of drug-likeness (QED) is 0.0321. The Bertz CT molecular complexity index is 1150. The predicted octanol–water partition coefficient (Wildman–Crippen LogP) is 18.6. The van der Waals surface area contributed by atoms with Gasteiger partial charge in [-0.3, -0.25) is 9.59 Å². The largest absolute Gasteiger partial charge is 0.466 e. The van der Waals surface area contributed by atoms with Crippen LogP contribution in [-0.4, -0.2) is 47.4 Å². The molecule has 3 N–H and O–H groups in total. The molecule has 2 unspecified atom stereocenters. The van der Waals surface area contributed by atoms with E-state index < -0.39 is 12.1 Å². The van der Waals surface area contributed by atoms with Gasteiger partial charge in [0.1, 0.15) is 0 Å². The molecule has 0 saturated heterocycles. The predicted molar refractivity (Wildman–Crippen MR) is 296 cm³/mol. The minimum absolute atomic E-state index is 0.0259. The van der Waals surface area contributed by atoms with E-state index in [1.807, 2.05) is 6.08 Å². The van der Waals surface area contributed by atoms with Gasteiger partial charge in [0.05, 0.1) is 25.4 Å². The van der Waals surface area contributed by atoms with Gasteiger partial charge >= 0.3 is 5.97 Å². The number of carbonyl (C=O) groups excluding carboxylic acids is 2. The summed E-state index contributed by atoms with van der Waals surface area (Å²) >= 11 is 0. The van der Waals surface area contributed by atoms with Crippen molar-refractivity contribution >= 4 is 11.9 Å². The molecule has 6 nitrogen and oxygen atoms in total. The number of rotatable bonds is 55. The molecule has 2 atom stereocenters. The highest BCUT2D eigenvalue weighted by atomic mass is 16.5. The number of hydrogen-bond acceptors (Lipinski definition) is 5. The van der Waals surface area contributed by atoms with Gasteiger partial charge in [0.15, 0.2) is 0 Å². The third kappa shape index (κ3) is 53.2. The summed E-state index contributed by atoms with van der Waals surface area (Å²) in [5.74, 6) is -0.109. The zero-order valence-corrected chi connectivity index (χ0v) is 45.3. The van der Waals surface area contributed by atoms with Crippen molar-refractivity contribution in [3.8, 4) is 0 Å². The Labute approximate surface area is 423 Å². The average molecular weight is 955 g/mol. The van der Waals surface area contributed by atoms with Crippen molar-refractivity contribution < 1.29 is 24.5 Å². The Hall–Kier alpha value is -2.18. The SMILES string of the molecule is CCCCCC/C=C\CCCCCCCC(=O)OCCCCC/C=C\C/C=C\CCCCCCCCCC(=O)NC(CO)C(O)/C=C/CCCCCCCCCCCCCCCCCCCCC. The second kappa shape index (κ2) is 57.4. The fourth-order valence-electron chi connectivity index (χ4n) is 8.95. The number of aliphatic hydroxyl groups is 2. The van der Waals surface area contributed by atoms with Crippen molar-refractivity contribution in [1.82, 2.24) is 5.32 Å². The molecule has 0 heterocycles. The van der Waals surface area contributed by atoms with E-state index in [1.54, 1.807) is 6.08 Å². The molecule has 0 saturated carbocycles. The molecular formula is C62H115NO5. The minimum atomic E-state index is -0.857. The third-order valence-corrected chi connectivity index (χ3v) is 13.6. The van der Waals surface area contributed by atoms with E-state index in [9.17, 15) is 19.8 Å². The molecule has 68 heavy (non-hydrogen) atoms. The van der Waals surface area contributed by atoms with Gasteiger partial charge in [-0.25, -0.2) is 0 Å². The van der Waals surface area contributed by atoms with E-state index in [0.717, 1.165) is 83.5 Å². The van der Waals surface area contributed by atoms with E-state index in [0.29, 0.717) is 19.4 Å². The van der Waals surface area contributed by atoms with Crippen LogP contribution in [0.4, 0.5) is 0 Å². The van der Waals surface area contributed by atoms with Gasteiger partial charge in [0.25, 0.3) is 0 Å². The first kappa shape index (κ1) is 65.8. The lowest BCUT2D eigenvalue weighted by Crippen LogP contribution is -2.45. The number of esters is 1. The van der Waals surface area contributed by atoms with E-state index >= 15 is 0 Å². The maximum Gasteiger partial charge on any atom is 0.305 e. The fourth-order valence-corrected chi connectivity index (χ4v) is 8.95. The lowest BCUT2D eigenvalue weighted by Gasteiger charge is -2.20. The molecule has 0 aliphatic rings. The summed E-state index contributed by atoms with van der Waals surface area (Å²) in [5.41, 5.74) is 0. The second-order valence-corrected chi connectivity index (χ2v) is 20.3. The molecule has 0 aromatic heterocycles. The number of carbonyl (C=O) groups is 2. The Morgan fingerprint density at radius 2 is 0.735 bits per heavy atom.